The average Bonchev–Trinajstić information content (AvgIpc) is 2.40. The van der Waals surface area contributed by atoms with Gasteiger partial charge in [-0.1, -0.05) is 55.4 Å². The minimum absolute atomic E-state index is 0.422. The Labute approximate surface area is 158 Å². The number of ether oxygens (including phenoxy) is 2. The average molecular weight is 358 g/mol. The smallest absolute Gasteiger partial charge is 0.0590 e. The van der Waals surface area contributed by atoms with Crippen LogP contribution in [0.15, 0.2) is 0 Å². The molecule has 0 saturated heterocycles. The zero-order chi connectivity index (χ0) is 19.3. The van der Waals surface area contributed by atoms with Crippen LogP contribution in [-0.4, -0.2) is 39.5 Å². The Morgan fingerprint density at radius 2 is 1.00 bits per heavy atom. The molecule has 2 atom stereocenters. The van der Waals surface area contributed by atoms with E-state index in [4.69, 9.17) is 9.47 Å². The third-order valence-electron chi connectivity index (χ3n) is 4.28. The predicted octanol–water partition coefficient (Wildman–Crippen LogP) is 5.53. The van der Waals surface area contributed by atoms with E-state index in [1.165, 1.54) is 12.8 Å². The van der Waals surface area contributed by atoms with Crippen LogP contribution in [0.1, 0.15) is 81.1 Å². The summed E-state index contributed by atoms with van der Waals surface area (Å²) in [5.74, 6) is 1.48. The summed E-state index contributed by atoms with van der Waals surface area (Å²) in [4.78, 5) is 0. The third kappa shape index (κ3) is 20.0. The van der Waals surface area contributed by atoms with Gasteiger partial charge in [-0.05, 0) is 48.3 Å². The summed E-state index contributed by atoms with van der Waals surface area (Å²) in [5.41, 5.74) is 0.844. The molecule has 3 heteroatoms. The van der Waals surface area contributed by atoms with Crippen molar-refractivity contribution in [1.82, 2.24) is 5.32 Å². The molecule has 0 aliphatic rings. The van der Waals surface area contributed by atoms with Gasteiger partial charge in [-0.25, -0.2) is 0 Å². The van der Waals surface area contributed by atoms with Crippen molar-refractivity contribution in [2.24, 2.45) is 22.7 Å². The van der Waals surface area contributed by atoms with E-state index < -0.39 is 0 Å². The molecule has 1 N–H and O–H groups in total. The highest BCUT2D eigenvalue weighted by Crippen LogP contribution is 2.26. The molecule has 0 aromatic rings. The Morgan fingerprint density at radius 1 is 0.640 bits per heavy atom. The van der Waals surface area contributed by atoms with Gasteiger partial charge < -0.3 is 14.8 Å². The predicted molar refractivity (Wildman–Crippen MR) is 110 cm³/mol. The van der Waals surface area contributed by atoms with E-state index in [9.17, 15) is 0 Å². The summed E-state index contributed by atoms with van der Waals surface area (Å²) >= 11 is 0. The van der Waals surface area contributed by atoms with Gasteiger partial charge in [0, 0.05) is 26.3 Å². The highest BCUT2D eigenvalue weighted by atomic mass is 16.5. The van der Waals surface area contributed by atoms with E-state index in [1.807, 2.05) is 0 Å². The lowest BCUT2D eigenvalue weighted by atomic mass is 9.84. The SMILES string of the molecule is CC(CCOCCNCCOCCC(C)CC(C)(C)C)CC(C)(C)C. The van der Waals surface area contributed by atoms with Gasteiger partial charge in [0.05, 0.1) is 13.2 Å². The van der Waals surface area contributed by atoms with Crippen LogP contribution < -0.4 is 5.32 Å². The topological polar surface area (TPSA) is 30.5 Å². The maximum atomic E-state index is 5.72. The van der Waals surface area contributed by atoms with Gasteiger partial charge in [0.25, 0.3) is 0 Å². The van der Waals surface area contributed by atoms with Crippen molar-refractivity contribution in [3.8, 4) is 0 Å². The summed E-state index contributed by atoms with van der Waals surface area (Å²) in [6, 6.07) is 0. The fourth-order valence-electron chi connectivity index (χ4n) is 3.48. The minimum atomic E-state index is 0.422. The Balaban J connectivity index is 3.32. The van der Waals surface area contributed by atoms with Gasteiger partial charge in [-0.2, -0.15) is 0 Å². The van der Waals surface area contributed by atoms with Crippen LogP contribution >= 0.6 is 0 Å². The summed E-state index contributed by atoms with van der Waals surface area (Å²) in [5, 5.41) is 3.39. The Kier molecular flexibility index (Phi) is 13.0. The second-order valence-corrected chi connectivity index (χ2v) is 10.3. The third-order valence-corrected chi connectivity index (χ3v) is 4.28. The fourth-order valence-corrected chi connectivity index (χ4v) is 3.48. The molecule has 2 unspecified atom stereocenters. The fraction of sp³-hybridized carbons (Fsp3) is 1.00. The second kappa shape index (κ2) is 13.1. The molecule has 0 spiro atoms. The monoisotopic (exact) mass is 357 g/mol. The lowest BCUT2D eigenvalue weighted by molar-refractivity contribution is 0.104. The maximum absolute atomic E-state index is 5.72. The molecule has 0 aromatic heterocycles. The van der Waals surface area contributed by atoms with E-state index in [1.54, 1.807) is 0 Å². The standard InChI is InChI=1S/C22H47NO2/c1-19(17-21(3,4)5)9-13-24-15-11-23-12-16-25-14-10-20(2)18-22(6,7)8/h19-20,23H,9-18H2,1-8H3. The van der Waals surface area contributed by atoms with Gasteiger partial charge in [-0.3, -0.25) is 0 Å². The van der Waals surface area contributed by atoms with Crippen molar-refractivity contribution in [3.05, 3.63) is 0 Å². The first-order valence-electron chi connectivity index (χ1n) is 10.4. The molecule has 0 saturated carbocycles. The molecular weight excluding hydrogens is 310 g/mol. The van der Waals surface area contributed by atoms with Gasteiger partial charge in [0.15, 0.2) is 0 Å². The van der Waals surface area contributed by atoms with E-state index in [0.29, 0.717) is 10.8 Å². The normalized spacial score (nSPS) is 15.4. The summed E-state index contributed by atoms with van der Waals surface area (Å²) in [6.45, 7) is 23.7. The molecular formula is C22H47NO2. The largest absolute Gasteiger partial charge is 0.380 e. The number of rotatable bonds is 14. The zero-order valence-electron chi connectivity index (χ0n) is 18.5. The van der Waals surface area contributed by atoms with Crippen LogP contribution in [0.25, 0.3) is 0 Å². The van der Waals surface area contributed by atoms with E-state index in [0.717, 1.165) is 64.2 Å². The van der Waals surface area contributed by atoms with Gasteiger partial charge in [0.1, 0.15) is 0 Å². The van der Waals surface area contributed by atoms with Crippen molar-refractivity contribution in [2.45, 2.75) is 81.1 Å². The molecule has 0 amide bonds. The lowest BCUT2D eigenvalue weighted by Crippen LogP contribution is -2.24. The maximum Gasteiger partial charge on any atom is 0.0590 e. The molecule has 152 valence electrons. The molecule has 3 nitrogen and oxygen atoms in total. The molecule has 0 aromatic carbocycles. The van der Waals surface area contributed by atoms with Crippen LogP contribution in [0.2, 0.25) is 0 Å². The zero-order valence-corrected chi connectivity index (χ0v) is 18.5. The lowest BCUT2D eigenvalue weighted by Gasteiger charge is -2.23. The van der Waals surface area contributed by atoms with Crippen molar-refractivity contribution < 1.29 is 9.47 Å². The molecule has 0 heterocycles. The summed E-state index contributed by atoms with van der Waals surface area (Å²) in [7, 11) is 0. The van der Waals surface area contributed by atoms with Gasteiger partial charge in [0.2, 0.25) is 0 Å². The summed E-state index contributed by atoms with van der Waals surface area (Å²) in [6.07, 6.45) is 4.85. The molecule has 0 rings (SSSR count). The molecule has 0 bridgehead atoms. The number of hydrogen-bond donors (Lipinski definition) is 1. The first-order chi connectivity index (χ1) is 11.5. The van der Waals surface area contributed by atoms with Crippen LogP contribution in [0, 0.1) is 22.7 Å². The number of nitrogens with one attached hydrogen (secondary N) is 1. The van der Waals surface area contributed by atoms with E-state index >= 15 is 0 Å². The Bertz CT molecular complexity index is 274. The highest BCUT2D eigenvalue weighted by molar-refractivity contribution is 4.67. The van der Waals surface area contributed by atoms with Crippen LogP contribution in [0.4, 0.5) is 0 Å². The van der Waals surface area contributed by atoms with Crippen molar-refractivity contribution in [1.29, 1.82) is 0 Å². The first kappa shape index (κ1) is 24.9. The quantitative estimate of drug-likeness (QED) is 0.414. The van der Waals surface area contributed by atoms with Gasteiger partial charge in [-0.15, -0.1) is 0 Å². The van der Waals surface area contributed by atoms with Crippen molar-refractivity contribution in [2.75, 3.05) is 39.5 Å². The van der Waals surface area contributed by atoms with Gasteiger partial charge >= 0.3 is 0 Å². The second-order valence-electron chi connectivity index (χ2n) is 10.3. The van der Waals surface area contributed by atoms with Crippen LogP contribution in [-0.2, 0) is 9.47 Å². The summed E-state index contributed by atoms with van der Waals surface area (Å²) < 4.78 is 11.4. The Hall–Kier alpha value is -0.120. The molecule has 0 aliphatic carbocycles. The highest BCUT2D eigenvalue weighted by Gasteiger charge is 2.15. The van der Waals surface area contributed by atoms with Crippen molar-refractivity contribution in [3.63, 3.8) is 0 Å². The Morgan fingerprint density at radius 3 is 1.32 bits per heavy atom. The van der Waals surface area contributed by atoms with Crippen molar-refractivity contribution >= 4 is 0 Å². The molecule has 25 heavy (non-hydrogen) atoms. The van der Waals surface area contributed by atoms with Crippen LogP contribution in [0.5, 0.6) is 0 Å². The van der Waals surface area contributed by atoms with Crippen LogP contribution in [0.3, 0.4) is 0 Å². The minimum Gasteiger partial charge on any atom is -0.380 e. The number of hydrogen-bond acceptors (Lipinski definition) is 3. The molecule has 0 fully saturated rings. The van der Waals surface area contributed by atoms with E-state index in [2.05, 4.69) is 60.7 Å². The molecule has 0 radical (unpaired) electrons. The molecule has 0 aliphatic heterocycles. The van der Waals surface area contributed by atoms with E-state index in [-0.39, 0.29) is 0 Å². The first-order valence-corrected chi connectivity index (χ1v) is 10.4.